The molecule has 2 aromatic rings. The predicted octanol–water partition coefficient (Wildman–Crippen LogP) is 5.51. The van der Waals surface area contributed by atoms with Gasteiger partial charge in [-0.25, -0.2) is 0 Å². The van der Waals surface area contributed by atoms with E-state index in [0.29, 0.717) is 37.7 Å². The minimum absolute atomic E-state index is 0.0802. The molecule has 0 aliphatic heterocycles. The third kappa shape index (κ3) is 8.67. The minimum Gasteiger partial charge on any atom is -0.490 e. The highest BCUT2D eigenvalue weighted by Gasteiger charge is 2.28. The highest BCUT2D eigenvalue weighted by Crippen LogP contribution is 2.29. The van der Waals surface area contributed by atoms with Gasteiger partial charge in [-0.2, -0.15) is 0 Å². The summed E-state index contributed by atoms with van der Waals surface area (Å²) in [5.74, 6) is 1.13. The van der Waals surface area contributed by atoms with Crippen LogP contribution in [0.3, 0.4) is 0 Å². The van der Waals surface area contributed by atoms with Crippen LogP contribution in [-0.4, -0.2) is 41.5 Å². The number of aryl methyl sites for hydroxylation is 1. The van der Waals surface area contributed by atoms with Crippen LogP contribution in [0.1, 0.15) is 59.1 Å². The molecule has 0 spiro atoms. The van der Waals surface area contributed by atoms with Gasteiger partial charge < -0.3 is 19.7 Å². The Hall–Kier alpha value is -2.54. The number of ether oxygens (including phenoxy) is 2. The van der Waals surface area contributed by atoms with Crippen molar-refractivity contribution in [2.45, 2.75) is 72.5 Å². The molecule has 0 fully saturated rings. The predicted molar refractivity (Wildman–Crippen MR) is 139 cm³/mol. The Balaban J connectivity index is 2.20. The maximum absolute atomic E-state index is 13.4. The first-order valence-corrected chi connectivity index (χ1v) is 12.6. The van der Waals surface area contributed by atoms with Crippen LogP contribution in [0.5, 0.6) is 11.5 Å². The van der Waals surface area contributed by atoms with E-state index in [2.05, 4.69) is 21.2 Å². The first-order valence-electron chi connectivity index (χ1n) is 11.8. The van der Waals surface area contributed by atoms with Gasteiger partial charge in [-0.3, -0.25) is 9.59 Å². The van der Waals surface area contributed by atoms with Crippen molar-refractivity contribution >= 4 is 27.7 Å². The first-order chi connectivity index (χ1) is 16.0. The fourth-order valence-corrected chi connectivity index (χ4v) is 3.98. The average Bonchev–Trinajstić information content (AvgIpc) is 2.76. The molecule has 2 amide bonds. The van der Waals surface area contributed by atoms with Crippen molar-refractivity contribution in [2.24, 2.45) is 0 Å². The summed E-state index contributed by atoms with van der Waals surface area (Å²) in [6, 6.07) is 12.9. The second-order valence-corrected chi connectivity index (χ2v) is 10.1. The van der Waals surface area contributed by atoms with Gasteiger partial charge in [0.2, 0.25) is 11.8 Å². The third-order valence-electron chi connectivity index (χ3n) is 5.14. The van der Waals surface area contributed by atoms with E-state index in [0.717, 1.165) is 15.6 Å². The molecule has 0 aliphatic carbocycles. The Morgan fingerprint density at radius 3 is 2.29 bits per heavy atom. The molecule has 0 radical (unpaired) electrons. The summed E-state index contributed by atoms with van der Waals surface area (Å²) in [5.41, 5.74) is 1.56. The summed E-state index contributed by atoms with van der Waals surface area (Å²) in [6.07, 6.45) is 0.814. The lowest BCUT2D eigenvalue weighted by Gasteiger charge is -2.31. The molecule has 2 rings (SSSR count). The van der Waals surface area contributed by atoms with E-state index in [1.54, 1.807) is 11.8 Å². The van der Waals surface area contributed by atoms with Crippen molar-refractivity contribution in [3.63, 3.8) is 0 Å². The number of halogens is 1. The van der Waals surface area contributed by atoms with Gasteiger partial charge in [0.25, 0.3) is 0 Å². The summed E-state index contributed by atoms with van der Waals surface area (Å²) in [6.45, 7) is 12.9. The van der Waals surface area contributed by atoms with Crippen LogP contribution in [0.4, 0.5) is 0 Å². The Morgan fingerprint density at radius 2 is 1.68 bits per heavy atom. The zero-order valence-electron chi connectivity index (χ0n) is 21.1. The summed E-state index contributed by atoms with van der Waals surface area (Å²) in [7, 11) is 0. The fourth-order valence-electron chi connectivity index (χ4n) is 3.53. The Bertz CT molecular complexity index is 971. The third-order valence-corrected chi connectivity index (χ3v) is 5.64. The smallest absolute Gasteiger partial charge is 0.242 e. The number of amides is 2. The zero-order valence-corrected chi connectivity index (χ0v) is 22.7. The van der Waals surface area contributed by atoms with Crippen LogP contribution < -0.4 is 14.8 Å². The molecule has 1 atom stereocenters. The van der Waals surface area contributed by atoms with Crippen LogP contribution in [0.25, 0.3) is 0 Å². The molecular formula is C27H37BrN2O4. The first kappa shape index (κ1) is 27.7. The van der Waals surface area contributed by atoms with Crippen LogP contribution >= 0.6 is 15.9 Å². The maximum Gasteiger partial charge on any atom is 0.242 e. The lowest BCUT2D eigenvalue weighted by atomic mass is 10.1. The van der Waals surface area contributed by atoms with Gasteiger partial charge in [-0.05, 0) is 83.4 Å². The lowest BCUT2D eigenvalue weighted by Crippen LogP contribution is -2.52. The van der Waals surface area contributed by atoms with Crippen LogP contribution in [-0.2, 0) is 22.6 Å². The molecule has 7 heteroatoms. The molecule has 6 nitrogen and oxygen atoms in total. The number of hydrogen-bond donors (Lipinski definition) is 1. The van der Waals surface area contributed by atoms with Gasteiger partial charge in [0.05, 0.1) is 13.2 Å². The van der Waals surface area contributed by atoms with E-state index in [9.17, 15) is 9.59 Å². The standard InChI is InChI=1S/C27H37BrN2O4/c1-7-33-23-14-12-20(17-24(23)34-8-2)13-15-25(31)30(18-21-10-9-11-22(28)16-21)19(3)26(32)29-27(4,5)6/h9-12,14,16-17,19H,7-8,13,15,18H2,1-6H3,(H,29,32). The minimum atomic E-state index is -0.606. The number of hydrogen-bond acceptors (Lipinski definition) is 4. The summed E-state index contributed by atoms with van der Waals surface area (Å²) in [5, 5.41) is 2.99. The SMILES string of the molecule is CCOc1ccc(CCC(=O)N(Cc2cccc(Br)c2)C(C)C(=O)NC(C)(C)C)cc1OCC. The van der Waals surface area contributed by atoms with Crippen molar-refractivity contribution < 1.29 is 19.1 Å². The van der Waals surface area contributed by atoms with E-state index >= 15 is 0 Å². The molecule has 186 valence electrons. The van der Waals surface area contributed by atoms with E-state index in [1.807, 2.05) is 77.1 Å². The number of nitrogens with one attached hydrogen (secondary N) is 1. The van der Waals surface area contributed by atoms with Gasteiger partial charge in [0.1, 0.15) is 6.04 Å². The summed E-state index contributed by atoms with van der Waals surface area (Å²) in [4.78, 5) is 27.9. The topological polar surface area (TPSA) is 67.9 Å². The molecule has 0 aromatic heterocycles. The Labute approximate surface area is 212 Å². The second kappa shape index (κ2) is 12.8. The van der Waals surface area contributed by atoms with Gasteiger partial charge in [-0.15, -0.1) is 0 Å². The Kier molecular flexibility index (Phi) is 10.4. The van der Waals surface area contributed by atoms with Gasteiger partial charge in [0.15, 0.2) is 11.5 Å². The number of carbonyl (C=O) groups is 2. The number of carbonyl (C=O) groups excluding carboxylic acids is 2. The molecule has 1 N–H and O–H groups in total. The molecule has 0 bridgehead atoms. The number of rotatable bonds is 11. The van der Waals surface area contributed by atoms with E-state index in [4.69, 9.17) is 9.47 Å². The van der Waals surface area contributed by atoms with Gasteiger partial charge >= 0.3 is 0 Å². The lowest BCUT2D eigenvalue weighted by molar-refractivity contribution is -0.141. The van der Waals surface area contributed by atoms with Gasteiger partial charge in [0, 0.05) is 23.0 Å². The Morgan fingerprint density at radius 1 is 1.00 bits per heavy atom. The van der Waals surface area contributed by atoms with Crippen molar-refractivity contribution in [2.75, 3.05) is 13.2 Å². The summed E-state index contributed by atoms with van der Waals surface area (Å²) >= 11 is 3.49. The van der Waals surface area contributed by atoms with Crippen molar-refractivity contribution in [1.29, 1.82) is 0 Å². The van der Waals surface area contributed by atoms with Gasteiger partial charge in [-0.1, -0.05) is 34.1 Å². The fraction of sp³-hybridized carbons (Fsp3) is 0.481. The highest BCUT2D eigenvalue weighted by molar-refractivity contribution is 9.10. The maximum atomic E-state index is 13.4. The highest BCUT2D eigenvalue weighted by atomic mass is 79.9. The van der Waals surface area contributed by atoms with Crippen LogP contribution in [0.2, 0.25) is 0 Å². The second-order valence-electron chi connectivity index (χ2n) is 9.21. The monoisotopic (exact) mass is 532 g/mol. The van der Waals surface area contributed by atoms with E-state index in [-0.39, 0.29) is 23.8 Å². The van der Waals surface area contributed by atoms with Crippen molar-refractivity contribution in [1.82, 2.24) is 10.2 Å². The molecule has 0 aliphatic rings. The molecule has 1 unspecified atom stereocenters. The van der Waals surface area contributed by atoms with E-state index < -0.39 is 6.04 Å². The molecule has 0 saturated carbocycles. The average molecular weight is 534 g/mol. The normalized spacial score (nSPS) is 12.1. The molecular weight excluding hydrogens is 496 g/mol. The molecule has 2 aromatic carbocycles. The van der Waals surface area contributed by atoms with Crippen LogP contribution in [0, 0.1) is 0 Å². The summed E-state index contributed by atoms with van der Waals surface area (Å²) < 4.78 is 12.3. The number of benzene rings is 2. The largest absolute Gasteiger partial charge is 0.490 e. The van der Waals surface area contributed by atoms with E-state index in [1.165, 1.54) is 0 Å². The molecule has 34 heavy (non-hydrogen) atoms. The van der Waals surface area contributed by atoms with Crippen LogP contribution in [0.15, 0.2) is 46.9 Å². The van der Waals surface area contributed by atoms with Crippen molar-refractivity contribution in [3.8, 4) is 11.5 Å². The molecule has 0 heterocycles. The number of nitrogens with zero attached hydrogens (tertiary/aromatic N) is 1. The quantitative estimate of drug-likeness (QED) is 0.414. The van der Waals surface area contributed by atoms with Crippen molar-refractivity contribution in [3.05, 3.63) is 58.1 Å². The zero-order chi connectivity index (χ0) is 25.3. The molecule has 0 saturated heterocycles.